The molecule has 5 rings (SSSR count). The van der Waals surface area contributed by atoms with Gasteiger partial charge in [-0.15, -0.1) is 26.6 Å². The fraction of sp³-hybridized carbons (Fsp3) is 0.556. The first-order valence-electron chi connectivity index (χ1n) is 9.43. The van der Waals surface area contributed by atoms with Crippen LogP contribution in [0.1, 0.15) is 59.4 Å². The Kier molecular flexibility index (Phi) is 4.26. The number of nitrogens with zero attached hydrogens (tertiary/aromatic N) is 6. The molecule has 3 aromatic rings. The van der Waals surface area contributed by atoms with Gasteiger partial charge in [-0.05, 0) is 50.7 Å². The van der Waals surface area contributed by atoms with Gasteiger partial charge in [-0.25, -0.2) is 13.8 Å². The Morgan fingerprint density at radius 3 is 2.85 bits per heavy atom. The molecule has 1 aliphatic carbocycles. The Bertz CT molecular complexity index is 945. The molecule has 1 aliphatic heterocycles. The molecule has 2 aliphatic rings. The molecule has 27 heavy (non-hydrogen) atoms. The molecule has 1 fully saturated rings. The van der Waals surface area contributed by atoms with Gasteiger partial charge in [0.05, 0.1) is 10.7 Å². The van der Waals surface area contributed by atoms with E-state index < -0.39 is 12.2 Å². The van der Waals surface area contributed by atoms with E-state index in [0.29, 0.717) is 17.4 Å². The second-order valence-corrected chi connectivity index (χ2v) is 8.35. The molecular formula is C18H20F2N6S. The number of anilines is 1. The van der Waals surface area contributed by atoms with E-state index in [2.05, 4.69) is 20.2 Å². The minimum absolute atomic E-state index is 0.343. The second kappa shape index (κ2) is 6.78. The number of aryl methyl sites for hydroxylation is 2. The Morgan fingerprint density at radius 2 is 2.00 bits per heavy atom. The molecule has 9 heteroatoms. The number of piperidine rings is 1. The molecule has 1 unspecified atom stereocenters. The van der Waals surface area contributed by atoms with Crippen LogP contribution in [-0.4, -0.2) is 37.9 Å². The maximum atomic E-state index is 13.1. The summed E-state index contributed by atoms with van der Waals surface area (Å²) in [7, 11) is 0. The van der Waals surface area contributed by atoms with Gasteiger partial charge in [-0.1, -0.05) is 0 Å². The molecule has 0 radical (unpaired) electrons. The van der Waals surface area contributed by atoms with Crippen molar-refractivity contribution in [2.45, 2.75) is 50.9 Å². The van der Waals surface area contributed by atoms with E-state index in [9.17, 15) is 8.78 Å². The van der Waals surface area contributed by atoms with E-state index in [0.717, 1.165) is 43.3 Å². The van der Waals surface area contributed by atoms with Crippen LogP contribution in [0.25, 0.3) is 5.65 Å². The summed E-state index contributed by atoms with van der Waals surface area (Å²) in [6, 6.07) is 3.54. The number of thiazole rings is 1. The molecule has 0 saturated carbocycles. The van der Waals surface area contributed by atoms with E-state index >= 15 is 0 Å². The SMILES string of the molecule is FC(F)c1nnc2ccc(N3CCCC(c4nc5c(s4)CCCC5)C3)nn12. The summed E-state index contributed by atoms with van der Waals surface area (Å²) in [4.78, 5) is 8.56. The number of alkyl halides is 2. The van der Waals surface area contributed by atoms with Crippen LogP contribution >= 0.6 is 11.3 Å². The van der Waals surface area contributed by atoms with E-state index in [-0.39, 0.29) is 0 Å². The van der Waals surface area contributed by atoms with Gasteiger partial charge in [0, 0.05) is 23.9 Å². The van der Waals surface area contributed by atoms with Crippen LogP contribution in [0.4, 0.5) is 14.6 Å². The first-order chi connectivity index (χ1) is 13.2. The molecule has 6 nitrogen and oxygen atoms in total. The first kappa shape index (κ1) is 17.0. The van der Waals surface area contributed by atoms with Crippen molar-refractivity contribution in [2.24, 2.45) is 0 Å². The number of rotatable bonds is 3. The van der Waals surface area contributed by atoms with Crippen molar-refractivity contribution in [3.8, 4) is 0 Å². The molecule has 0 amide bonds. The summed E-state index contributed by atoms with van der Waals surface area (Å²) < 4.78 is 27.4. The molecule has 3 aromatic heterocycles. The molecule has 0 N–H and O–H groups in total. The van der Waals surface area contributed by atoms with Gasteiger partial charge in [0.25, 0.3) is 6.43 Å². The van der Waals surface area contributed by atoms with Crippen molar-refractivity contribution in [1.82, 2.24) is 24.8 Å². The fourth-order valence-corrected chi connectivity index (χ4v) is 5.31. The third kappa shape index (κ3) is 3.07. The van der Waals surface area contributed by atoms with Gasteiger partial charge in [-0.3, -0.25) is 0 Å². The normalized spacial score (nSPS) is 20.4. The number of hydrogen-bond donors (Lipinski definition) is 0. The molecule has 0 bridgehead atoms. The standard InChI is InChI=1S/C18H20F2N6S/c19-16(20)17-23-22-14-7-8-15(24-26(14)17)25-9-3-4-11(10-25)18-21-12-5-1-2-6-13(12)27-18/h7-8,11,16H,1-6,9-10H2. The second-order valence-electron chi connectivity index (χ2n) is 7.23. The summed E-state index contributed by atoms with van der Waals surface area (Å²) in [5, 5.41) is 12.9. The van der Waals surface area contributed by atoms with Gasteiger partial charge in [0.15, 0.2) is 5.65 Å². The molecule has 0 aromatic carbocycles. The quantitative estimate of drug-likeness (QED) is 0.681. The van der Waals surface area contributed by atoms with E-state index in [1.807, 2.05) is 17.4 Å². The number of halogens is 2. The molecule has 0 spiro atoms. The van der Waals surface area contributed by atoms with Crippen LogP contribution in [0.5, 0.6) is 0 Å². The maximum absolute atomic E-state index is 13.1. The van der Waals surface area contributed by atoms with Gasteiger partial charge in [0.2, 0.25) is 5.82 Å². The number of fused-ring (bicyclic) bond motifs is 2. The Balaban J connectivity index is 1.41. The van der Waals surface area contributed by atoms with Crippen molar-refractivity contribution in [1.29, 1.82) is 0 Å². The fourth-order valence-electron chi connectivity index (χ4n) is 4.03. The van der Waals surface area contributed by atoms with Crippen LogP contribution in [0.3, 0.4) is 0 Å². The monoisotopic (exact) mass is 390 g/mol. The molecule has 142 valence electrons. The minimum Gasteiger partial charge on any atom is -0.354 e. The first-order valence-corrected chi connectivity index (χ1v) is 10.2. The Hall–Kier alpha value is -2.16. The average Bonchev–Trinajstić information content (AvgIpc) is 3.31. The van der Waals surface area contributed by atoms with Crippen molar-refractivity contribution < 1.29 is 8.78 Å². The van der Waals surface area contributed by atoms with Crippen LogP contribution in [0.2, 0.25) is 0 Å². The third-order valence-electron chi connectivity index (χ3n) is 5.42. The smallest absolute Gasteiger partial charge is 0.299 e. The predicted molar refractivity (Wildman–Crippen MR) is 98.7 cm³/mol. The van der Waals surface area contributed by atoms with Crippen LogP contribution in [-0.2, 0) is 12.8 Å². The predicted octanol–water partition coefficient (Wildman–Crippen LogP) is 3.78. The molecule has 4 heterocycles. The zero-order valence-electron chi connectivity index (χ0n) is 14.8. The van der Waals surface area contributed by atoms with Crippen molar-refractivity contribution >= 4 is 22.8 Å². The number of hydrogen-bond acceptors (Lipinski definition) is 6. The summed E-state index contributed by atoms with van der Waals surface area (Å²) in [5.74, 6) is 0.658. The maximum Gasteiger partial charge on any atom is 0.299 e. The Labute approximate surface area is 159 Å². The van der Waals surface area contributed by atoms with Gasteiger partial charge in [0.1, 0.15) is 5.82 Å². The highest BCUT2D eigenvalue weighted by molar-refractivity contribution is 7.11. The lowest BCUT2D eigenvalue weighted by molar-refractivity contribution is 0.137. The Morgan fingerprint density at radius 1 is 1.11 bits per heavy atom. The third-order valence-corrected chi connectivity index (χ3v) is 6.74. The summed E-state index contributed by atoms with van der Waals surface area (Å²) >= 11 is 1.87. The molecule has 1 atom stereocenters. The summed E-state index contributed by atoms with van der Waals surface area (Å²) in [5.41, 5.74) is 1.64. The zero-order valence-corrected chi connectivity index (χ0v) is 15.6. The lowest BCUT2D eigenvalue weighted by atomic mass is 9.98. The number of aromatic nitrogens is 5. The van der Waals surface area contributed by atoms with Gasteiger partial charge < -0.3 is 4.90 Å². The minimum atomic E-state index is -2.70. The zero-order chi connectivity index (χ0) is 18.4. The lowest BCUT2D eigenvalue weighted by Gasteiger charge is -2.32. The largest absolute Gasteiger partial charge is 0.354 e. The van der Waals surface area contributed by atoms with Crippen LogP contribution < -0.4 is 4.90 Å². The topological polar surface area (TPSA) is 59.2 Å². The van der Waals surface area contributed by atoms with Crippen molar-refractivity contribution in [2.75, 3.05) is 18.0 Å². The summed E-state index contributed by atoms with van der Waals surface area (Å²) in [6.45, 7) is 1.68. The average molecular weight is 390 g/mol. The molecular weight excluding hydrogens is 370 g/mol. The van der Waals surface area contributed by atoms with Gasteiger partial charge >= 0.3 is 0 Å². The summed E-state index contributed by atoms with van der Waals surface area (Å²) in [6.07, 6.45) is 4.22. The van der Waals surface area contributed by atoms with Crippen molar-refractivity contribution in [3.63, 3.8) is 0 Å². The van der Waals surface area contributed by atoms with E-state index in [4.69, 9.17) is 4.98 Å². The molecule has 1 saturated heterocycles. The van der Waals surface area contributed by atoms with E-state index in [1.165, 1.54) is 28.4 Å². The van der Waals surface area contributed by atoms with E-state index in [1.54, 1.807) is 6.07 Å². The van der Waals surface area contributed by atoms with Gasteiger partial charge in [-0.2, -0.15) is 4.52 Å². The van der Waals surface area contributed by atoms with Crippen LogP contribution in [0, 0.1) is 0 Å². The highest BCUT2D eigenvalue weighted by atomic mass is 32.1. The van der Waals surface area contributed by atoms with Crippen LogP contribution in [0.15, 0.2) is 12.1 Å². The lowest BCUT2D eigenvalue weighted by Crippen LogP contribution is -2.35. The highest BCUT2D eigenvalue weighted by Gasteiger charge is 2.27. The van der Waals surface area contributed by atoms with Crippen molar-refractivity contribution in [3.05, 3.63) is 33.5 Å². The highest BCUT2D eigenvalue weighted by Crippen LogP contribution is 2.35.